The molecule has 0 bridgehead atoms. The van der Waals surface area contributed by atoms with E-state index in [1.807, 2.05) is 0 Å². The molecule has 0 aromatic carbocycles. The Morgan fingerprint density at radius 3 is 3.00 bits per heavy atom. The number of ether oxygens (including phenoxy) is 1. The lowest BCUT2D eigenvalue weighted by Gasteiger charge is -2.00. The predicted octanol–water partition coefficient (Wildman–Crippen LogP) is 0.905. The summed E-state index contributed by atoms with van der Waals surface area (Å²) in [5, 5.41) is 3.49. The molecule has 0 amide bonds. The average molecular weight is 194 g/mol. The maximum absolute atomic E-state index is 10.3. The van der Waals surface area contributed by atoms with Crippen molar-refractivity contribution in [3.05, 3.63) is 24.0 Å². The third kappa shape index (κ3) is 3.22. The summed E-state index contributed by atoms with van der Waals surface area (Å²) in [6.45, 7) is 0.302. The number of hydrogen-bond donors (Lipinski definition) is 0. The molecule has 0 aliphatic rings. The largest absolute Gasteiger partial charge is 0.486 e. The molecule has 0 spiro atoms. The van der Waals surface area contributed by atoms with E-state index in [4.69, 9.17) is 4.74 Å². The van der Waals surface area contributed by atoms with Crippen molar-refractivity contribution in [1.29, 1.82) is 0 Å². The van der Waals surface area contributed by atoms with Crippen LogP contribution in [0, 0.1) is 0 Å². The highest BCUT2D eigenvalue weighted by Crippen LogP contribution is 2.07. The monoisotopic (exact) mass is 194 g/mol. The summed E-state index contributed by atoms with van der Waals surface area (Å²) in [6, 6.07) is 3.24. The molecule has 74 valence electrons. The first-order valence-electron chi connectivity index (χ1n) is 3.96. The number of oxime groups is 1. The molecular weight excluding hydrogens is 184 g/mol. The van der Waals surface area contributed by atoms with Gasteiger partial charge in [-0.2, -0.15) is 0 Å². The van der Waals surface area contributed by atoms with Crippen LogP contribution in [-0.4, -0.2) is 31.2 Å². The number of rotatable bonds is 5. The zero-order valence-electron chi connectivity index (χ0n) is 7.71. The minimum atomic E-state index is 0.302. The lowest BCUT2D eigenvalue weighted by Crippen LogP contribution is -1.99. The molecule has 0 saturated carbocycles. The summed E-state index contributed by atoms with van der Waals surface area (Å²) >= 11 is 0. The summed E-state index contributed by atoms with van der Waals surface area (Å²) in [6.07, 6.45) is 3.63. The molecule has 0 aliphatic carbocycles. The molecule has 0 unspecified atom stereocenters. The van der Waals surface area contributed by atoms with E-state index in [-0.39, 0.29) is 0 Å². The fraction of sp³-hybridized carbons (Fsp3) is 0.222. The first-order chi connectivity index (χ1) is 6.86. The highest BCUT2D eigenvalue weighted by atomic mass is 16.6. The Morgan fingerprint density at radius 2 is 2.43 bits per heavy atom. The standard InChI is InChI=1S/C9H10N2O3/c1-13-11-4-5-14-9-3-2-8(7-12)10-6-9/h2-4,6-7H,5H2,1H3/b11-4+. The van der Waals surface area contributed by atoms with Crippen molar-refractivity contribution < 1.29 is 14.4 Å². The fourth-order valence-corrected chi connectivity index (χ4v) is 0.785. The summed E-state index contributed by atoms with van der Waals surface area (Å²) in [4.78, 5) is 18.5. The Balaban J connectivity index is 2.43. The maximum atomic E-state index is 10.3. The highest BCUT2D eigenvalue weighted by molar-refractivity contribution is 5.71. The van der Waals surface area contributed by atoms with Gasteiger partial charge in [-0.25, -0.2) is 4.98 Å². The average Bonchev–Trinajstić information content (AvgIpc) is 2.25. The summed E-state index contributed by atoms with van der Waals surface area (Å²) in [5.74, 6) is 0.582. The molecule has 0 atom stereocenters. The van der Waals surface area contributed by atoms with Gasteiger partial charge in [0.15, 0.2) is 6.29 Å². The second kappa shape index (κ2) is 5.69. The first kappa shape index (κ1) is 10.2. The van der Waals surface area contributed by atoms with Gasteiger partial charge in [0, 0.05) is 0 Å². The summed E-state index contributed by atoms with van der Waals surface area (Å²) < 4.78 is 5.20. The van der Waals surface area contributed by atoms with Crippen molar-refractivity contribution in [2.45, 2.75) is 0 Å². The van der Waals surface area contributed by atoms with Crippen LogP contribution in [0.2, 0.25) is 0 Å². The van der Waals surface area contributed by atoms with E-state index in [0.717, 1.165) is 0 Å². The van der Waals surface area contributed by atoms with Crippen LogP contribution in [0.3, 0.4) is 0 Å². The number of pyridine rings is 1. The Labute approximate surface area is 81.3 Å². The zero-order valence-corrected chi connectivity index (χ0v) is 7.71. The normalized spacial score (nSPS) is 10.1. The van der Waals surface area contributed by atoms with E-state index < -0.39 is 0 Å². The molecule has 5 nitrogen and oxygen atoms in total. The van der Waals surface area contributed by atoms with Gasteiger partial charge < -0.3 is 9.57 Å². The fourth-order valence-electron chi connectivity index (χ4n) is 0.785. The number of aldehydes is 1. The van der Waals surface area contributed by atoms with Crippen LogP contribution in [0.4, 0.5) is 0 Å². The molecule has 0 saturated heterocycles. The van der Waals surface area contributed by atoms with Crippen molar-refractivity contribution in [1.82, 2.24) is 4.98 Å². The molecule has 0 radical (unpaired) electrons. The molecular formula is C9H10N2O3. The highest BCUT2D eigenvalue weighted by Gasteiger charge is 1.93. The topological polar surface area (TPSA) is 60.8 Å². The minimum absolute atomic E-state index is 0.302. The van der Waals surface area contributed by atoms with Crippen LogP contribution in [0.15, 0.2) is 23.5 Å². The Morgan fingerprint density at radius 1 is 1.57 bits per heavy atom. The van der Waals surface area contributed by atoms with Crippen LogP contribution in [-0.2, 0) is 4.84 Å². The van der Waals surface area contributed by atoms with E-state index in [2.05, 4.69) is 15.0 Å². The van der Waals surface area contributed by atoms with Crippen molar-refractivity contribution in [3.8, 4) is 5.75 Å². The lowest BCUT2D eigenvalue weighted by atomic mass is 10.4. The van der Waals surface area contributed by atoms with Gasteiger partial charge in [0.05, 0.1) is 12.4 Å². The smallest absolute Gasteiger partial charge is 0.168 e. The number of hydrogen-bond acceptors (Lipinski definition) is 5. The van der Waals surface area contributed by atoms with Gasteiger partial charge in [-0.3, -0.25) is 4.79 Å². The number of carbonyl (C=O) groups excluding carboxylic acids is 1. The van der Waals surface area contributed by atoms with E-state index in [9.17, 15) is 4.79 Å². The molecule has 0 aliphatic heterocycles. The quantitative estimate of drug-likeness (QED) is 0.397. The molecule has 1 aromatic heterocycles. The van der Waals surface area contributed by atoms with Gasteiger partial charge in [0.25, 0.3) is 0 Å². The van der Waals surface area contributed by atoms with Gasteiger partial charge in [0.2, 0.25) is 0 Å². The molecule has 1 heterocycles. The Hall–Kier alpha value is -1.91. The van der Waals surface area contributed by atoms with Crippen LogP contribution in [0.25, 0.3) is 0 Å². The second-order valence-electron chi connectivity index (χ2n) is 2.32. The van der Waals surface area contributed by atoms with Crippen molar-refractivity contribution in [2.24, 2.45) is 5.16 Å². The SMILES string of the molecule is CO/N=C/COc1ccc(C=O)nc1. The predicted molar refractivity (Wildman–Crippen MR) is 50.6 cm³/mol. The van der Waals surface area contributed by atoms with Crippen LogP contribution < -0.4 is 4.74 Å². The van der Waals surface area contributed by atoms with Gasteiger partial charge in [-0.05, 0) is 12.1 Å². The van der Waals surface area contributed by atoms with Gasteiger partial charge in [0.1, 0.15) is 25.2 Å². The van der Waals surface area contributed by atoms with Gasteiger partial charge in [-0.15, -0.1) is 0 Å². The van der Waals surface area contributed by atoms with Crippen molar-refractivity contribution in [3.63, 3.8) is 0 Å². The van der Waals surface area contributed by atoms with Gasteiger partial charge in [-0.1, -0.05) is 5.16 Å². The van der Waals surface area contributed by atoms with E-state index in [1.54, 1.807) is 12.1 Å². The molecule has 1 rings (SSSR count). The Kier molecular flexibility index (Phi) is 4.13. The van der Waals surface area contributed by atoms with E-state index in [0.29, 0.717) is 24.3 Å². The zero-order chi connectivity index (χ0) is 10.2. The Bertz CT molecular complexity index is 308. The summed E-state index contributed by atoms with van der Waals surface area (Å²) in [5.41, 5.74) is 0.378. The molecule has 1 aromatic rings. The van der Waals surface area contributed by atoms with Crippen LogP contribution >= 0.6 is 0 Å². The van der Waals surface area contributed by atoms with Crippen LogP contribution in [0.1, 0.15) is 10.5 Å². The van der Waals surface area contributed by atoms with E-state index in [1.165, 1.54) is 19.5 Å². The molecule has 14 heavy (non-hydrogen) atoms. The van der Waals surface area contributed by atoms with Crippen molar-refractivity contribution >= 4 is 12.5 Å². The molecule has 0 fully saturated rings. The second-order valence-corrected chi connectivity index (χ2v) is 2.32. The van der Waals surface area contributed by atoms with Gasteiger partial charge >= 0.3 is 0 Å². The van der Waals surface area contributed by atoms with E-state index >= 15 is 0 Å². The molecule has 5 heteroatoms. The lowest BCUT2D eigenvalue weighted by molar-refractivity contribution is 0.111. The third-order valence-corrected chi connectivity index (χ3v) is 1.38. The third-order valence-electron chi connectivity index (χ3n) is 1.38. The van der Waals surface area contributed by atoms with Crippen molar-refractivity contribution in [2.75, 3.05) is 13.7 Å². The number of carbonyl (C=O) groups is 1. The molecule has 0 N–H and O–H groups in total. The first-order valence-corrected chi connectivity index (χ1v) is 3.96. The maximum Gasteiger partial charge on any atom is 0.168 e. The number of aromatic nitrogens is 1. The number of nitrogens with zero attached hydrogens (tertiary/aromatic N) is 2. The summed E-state index contributed by atoms with van der Waals surface area (Å²) in [7, 11) is 1.46. The van der Waals surface area contributed by atoms with Crippen LogP contribution in [0.5, 0.6) is 5.75 Å². The minimum Gasteiger partial charge on any atom is -0.486 e.